The van der Waals surface area contributed by atoms with E-state index in [1.807, 2.05) is 49.4 Å². The number of rotatable bonds is 11. The van der Waals surface area contributed by atoms with Crippen molar-refractivity contribution < 1.29 is 23.7 Å². The van der Waals surface area contributed by atoms with Crippen LogP contribution in [-0.2, 0) is 20.7 Å². The van der Waals surface area contributed by atoms with Crippen molar-refractivity contribution in [2.75, 3.05) is 26.9 Å². The highest BCUT2D eigenvalue weighted by Crippen LogP contribution is 2.22. The van der Waals surface area contributed by atoms with E-state index in [0.29, 0.717) is 26.2 Å². The van der Waals surface area contributed by atoms with Crippen LogP contribution in [0.5, 0.6) is 11.5 Å². The van der Waals surface area contributed by atoms with Crippen LogP contribution in [0.25, 0.3) is 0 Å². The molecule has 2 unspecified atom stereocenters. The fraction of sp³-hybridized carbons (Fsp3) is 0.435. The Hall–Kier alpha value is -2.53. The van der Waals surface area contributed by atoms with Gasteiger partial charge in [0.25, 0.3) is 0 Å². The maximum Gasteiger partial charge on any atom is 0.335 e. The molecule has 0 aliphatic heterocycles. The molecule has 0 saturated heterocycles. The molecule has 0 spiro atoms. The van der Waals surface area contributed by atoms with Crippen LogP contribution in [0.3, 0.4) is 0 Å². The zero-order chi connectivity index (χ0) is 20.4. The van der Waals surface area contributed by atoms with Crippen molar-refractivity contribution in [2.45, 2.75) is 39.2 Å². The molecule has 0 fully saturated rings. The zero-order valence-electron chi connectivity index (χ0n) is 17.1. The lowest BCUT2D eigenvalue weighted by molar-refractivity contribution is -0.156. The molecule has 5 heteroatoms. The molecule has 0 N–H and O–H groups in total. The van der Waals surface area contributed by atoms with Gasteiger partial charge in [0.1, 0.15) is 11.5 Å². The van der Waals surface area contributed by atoms with Crippen LogP contribution in [0.15, 0.2) is 48.5 Å². The number of carbonyl (C=O) groups excluding carboxylic acids is 1. The first-order valence-corrected chi connectivity index (χ1v) is 9.71. The zero-order valence-corrected chi connectivity index (χ0v) is 17.1. The van der Waals surface area contributed by atoms with E-state index in [-0.39, 0.29) is 11.9 Å². The maximum absolute atomic E-state index is 12.0. The van der Waals surface area contributed by atoms with Gasteiger partial charge in [-0.05, 0) is 49.2 Å². The van der Waals surface area contributed by atoms with Crippen molar-refractivity contribution in [1.29, 1.82) is 0 Å². The Morgan fingerprint density at radius 3 is 2.39 bits per heavy atom. The lowest BCUT2D eigenvalue weighted by Gasteiger charge is -2.16. The van der Waals surface area contributed by atoms with Gasteiger partial charge in [0.2, 0.25) is 0 Å². The minimum absolute atomic E-state index is 0.237. The second kappa shape index (κ2) is 11.3. The SMILES string of the molecule is CCOC(=O)C(Cc1ccc(OCC(C)c2cccc(OC)c2)cc1)OCC. The van der Waals surface area contributed by atoms with E-state index >= 15 is 0 Å². The Morgan fingerprint density at radius 1 is 1.00 bits per heavy atom. The van der Waals surface area contributed by atoms with Crippen LogP contribution >= 0.6 is 0 Å². The topological polar surface area (TPSA) is 54.0 Å². The summed E-state index contributed by atoms with van der Waals surface area (Å²) in [5.74, 6) is 1.56. The average Bonchev–Trinajstić information content (AvgIpc) is 2.72. The van der Waals surface area contributed by atoms with Gasteiger partial charge in [0.05, 0.1) is 20.3 Å². The molecule has 0 aromatic heterocycles. The van der Waals surface area contributed by atoms with E-state index in [4.69, 9.17) is 18.9 Å². The first-order valence-electron chi connectivity index (χ1n) is 9.71. The van der Waals surface area contributed by atoms with Gasteiger partial charge in [-0.15, -0.1) is 0 Å². The lowest BCUT2D eigenvalue weighted by atomic mass is 10.0. The highest BCUT2D eigenvalue weighted by Gasteiger charge is 2.20. The van der Waals surface area contributed by atoms with Crippen LogP contribution in [0.4, 0.5) is 0 Å². The molecular weight excluding hydrogens is 356 g/mol. The first kappa shape index (κ1) is 21.8. The molecule has 152 valence electrons. The van der Waals surface area contributed by atoms with Crippen molar-refractivity contribution in [3.63, 3.8) is 0 Å². The Kier molecular flexibility index (Phi) is 8.82. The second-order valence-electron chi connectivity index (χ2n) is 6.53. The highest BCUT2D eigenvalue weighted by molar-refractivity contribution is 5.75. The molecule has 2 atom stereocenters. The first-order chi connectivity index (χ1) is 13.6. The third-order valence-corrected chi connectivity index (χ3v) is 4.42. The lowest BCUT2D eigenvalue weighted by Crippen LogP contribution is -2.28. The molecule has 28 heavy (non-hydrogen) atoms. The summed E-state index contributed by atoms with van der Waals surface area (Å²) >= 11 is 0. The molecule has 2 aromatic rings. The smallest absolute Gasteiger partial charge is 0.335 e. The van der Waals surface area contributed by atoms with E-state index < -0.39 is 6.10 Å². The van der Waals surface area contributed by atoms with E-state index in [1.165, 1.54) is 5.56 Å². The third kappa shape index (κ3) is 6.57. The fourth-order valence-electron chi connectivity index (χ4n) is 2.85. The number of esters is 1. The van der Waals surface area contributed by atoms with Crippen LogP contribution in [0.1, 0.15) is 37.8 Å². The van der Waals surface area contributed by atoms with Gasteiger partial charge in [-0.2, -0.15) is 0 Å². The third-order valence-electron chi connectivity index (χ3n) is 4.42. The van der Waals surface area contributed by atoms with E-state index in [1.54, 1.807) is 14.0 Å². The van der Waals surface area contributed by atoms with Crippen molar-refractivity contribution in [1.82, 2.24) is 0 Å². The molecular formula is C23H30O5. The summed E-state index contributed by atoms with van der Waals surface area (Å²) in [7, 11) is 1.67. The van der Waals surface area contributed by atoms with Crippen molar-refractivity contribution in [3.05, 3.63) is 59.7 Å². The van der Waals surface area contributed by atoms with Crippen molar-refractivity contribution in [3.8, 4) is 11.5 Å². The van der Waals surface area contributed by atoms with Crippen LogP contribution in [0.2, 0.25) is 0 Å². The van der Waals surface area contributed by atoms with Gasteiger partial charge in [0.15, 0.2) is 6.10 Å². The minimum Gasteiger partial charge on any atom is -0.497 e. The summed E-state index contributed by atoms with van der Waals surface area (Å²) < 4.78 is 21.8. The number of ether oxygens (including phenoxy) is 4. The molecule has 0 radical (unpaired) electrons. The van der Waals surface area contributed by atoms with Gasteiger partial charge in [-0.25, -0.2) is 4.79 Å². The molecule has 0 saturated carbocycles. The molecule has 0 aliphatic carbocycles. The van der Waals surface area contributed by atoms with E-state index in [9.17, 15) is 4.79 Å². The maximum atomic E-state index is 12.0. The van der Waals surface area contributed by atoms with Crippen LogP contribution < -0.4 is 9.47 Å². The summed E-state index contributed by atoms with van der Waals surface area (Å²) in [6.07, 6.45) is -0.0996. The minimum atomic E-state index is -0.579. The molecule has 0 aliphatic rings. The van der Waals surface area contributed by atoms with Gasteiger partial charge < -0.3 is 18.9 Å². The summed E-state index contributed by atoms with van der Waals surface area (Å²) in [5, 5.41) is 0. The standard InChI is InChI=1S/C23H30O5/c1-5-26-22(23(24)27-6-2)14-18-10-12-20(13-11-18)28-16-17(3)19-8-7-9-21(15-19)25-4/h7-13,15,17,22H,5-6,14,16H2,1-4H3. The van der Waals surface area contributed by atoms with Gasteiger partial charge >= 0.3 is 5.97 Å². The Balaban J connectivity index is 1.91. The number of hydrogen-bond donors (Lipinski definition) is 0. The Bertz CT molecular complexity index is 726. The summed E-state index contributed by atoms with van der Waals surface area (Å²) in [6.45, 7) is 7.16. The van der Waals surface area contributed by atoms with E-state index in [2.05, 4.69) is 13.0 Å². The van der Waals surface area contributed by atoms with Gasteiger partial charge in [-0.1, -0.05) is 31.2 Å². The van der Waals surface area contributed by atoms with Crippen molar-refractivity contribution in [2.24, 2.45) is 0 Å². The number of hydrogen-bond acceptors (Lipinski definition) is 5. The Morgan fingerprint density at radius 2 is 1.75 bits per heavy atom. The predicted molar refractivity (Wildman–Crippen MR) is 109 cm³/mol. The summed E-state index contributed by atoms with van der Waals surface area (Å²) in [6, 6.07) is 15.8. The van der Waals surface area contributed by atoms with Crippen LogP contribution in [0, 0.1) is 0 Å². The molecule has 5 nitrogen and oxygen atoms in total. The number of carbonyl (C=O) groups is 1. The van der Waals surface area contributed by atoms with Gasteiger partial charge in [0, 0.05) is 18.9 Å². The number of benzene rings is 2. The molecule has 0 bridgehead atoms. The number of methoxy groups -OCH3 is 1. The fourth-order valence-corrected chi connectivity index (χ4v) is 2.85. The van der Waals surface area contributed by atoms with Gasteiger partial charge in [-0.3, -0.25) is 0 Å². The molecule has 2 aromatic carbocycles. The van der Waals surface area contributed by atoms with E-state index in [0.717, 1.165) is 17.1 Å². The monoisotopic (exact) mass is 386 g/mol. The molecule has 0 heterocycles. The normalized spacial score (nSPS) is 12.9. The summed E-state index contributed by atoms with van der Waals surface area (Å²) in [4.78, 5) is 12.0. The molecule has 0 amide bonds. The highest BCUT2D eigenvalue weighted by atomic mass is 16.6. The van der Waals surface area contributed by atoms with Crippen LogP contribution in [-0.4, -0.2) is 39.0 Å². The summed E-state index contributed by atoms with van der Waals surface area (Å²) in [5.41, 5.74) is 2.17. The van der Waals surface area contributed by atoms with Crippen molar-refractivity contribution >= 4 is 5.97 Å². The molecule has 2 rings (SSSR count). The largest absolute Gasteiger partial charge is 0.497 e. The second-order valence-corrected chi connectivity index (χ2v) is 6.53. The Labute approximate surface area is 167 Å². The average molecular weight is 386 g/mol. The predicted octanol–water partition coefficient (Wildman–Crippen LogP) is 4.39. The quantitative estimate of drug-likeness (QED) is 0.536.